The minimum atomic E-state index is -4.36. The summed E-state index contributed by atoms with van der Waals surface area (Å²) < 4.78 is 31.0. The van der Waals surface area contributed by atoms with Crippen molar-refractivity contribution in [3.05, 3.63) is 61.6 Å². The van der Waals surface area contributed by atoms with Gasteiger partial charge in [-0.15, -0.1) is 0 Å². The number of nitro benzene ring substituents is 1. The molecule has 0 atom stereocenters. The van der Waals surface area contributed by atoms with Crippen LogP contribution in [0.25, 0.3) is 0 Å². The predicted molar refractivity (Wildman–Crippen MR) is 94.5 cm³/mol. The van der Waals surface area contributed by atoms with Gasteiger partial charge >= 0.3 is 10.1 Å². The van der Waals surface area contributed by atoms with Crippen LogP contribution in [0.4, 0.5) is 5.69 Å². The van der Waals surface area contributed by atoms with Crippen LogP contribution in [0, 0.1) is 24.0 Å². The highest BCUT2D eigenvalue weighted by molar-refractivity contribution is 9.10. The smallest absolute Gasteiger partial charge is 0.339 e. The number of aryl methyl sites for hydroxylation is 1. The number of carbonyl (C=O) groups is 1. The zero-order valence-corrected chi connectivity index (χ0v) is 16.0. The first-order valence-electron chi connectivity index (χ1n) is 7.03. The van der Waals surface area contributed by atoms with Gasteiger partial charge in [0.25, 0.3) is 5.69 Å². The van der Waals surface area contributed by atoms with E-state index in [0.29, 0.717) is 15.6 Å². The van der Waals surface area contributed by atoms with Crippen molar-refractivity contribution in [1.82, 2.24) is 0 Å². The molecule has 0 fully saturated rings. The first-order valence-corrected chi connectivity index (χ1v) is 9.23. The summed E-state index contributed by atoms with van der Waals surface area (Å²) in [5.74, 6) is -0.516. The summed E-state index contributed by atoms with van der Waals surface area (Å²) in [7, 11) is -4.36. The molecule has 0 saturated heterocycles. The lowest BCUT2D eigenvalue weighted by Gasteiger charge is -2.13. The molecule has 0 unspecified atom stereocenters. The van der Waals surface area contributed by atoms with Crippen LogP contribution in [0.1, 0.15) is 28.4 Å². The summed E-state index contributed by atoms with van der Waals surface area (Å²) in [5, 5.41) is 11.0. The molecule has 0 aliphatic heterocycles. The van der Waals surface area contributed by atoms with E-state index in [9.17, 15) is 23.3 Å². The molecule has 0 radical (unpaired) electrons. The highest BCUT2D eigenvalue weighted by atomic mass is 79.9. The molecule has 132 valence electrons. The number of carbonyl (C=O) groups excluding carboxylic acids is 1. The summed E-state index contributed by atoms with van der Waals surface area (Å²) in [6.45, 7) is 4.38. The Morgan fingerprint density at radius 3 is 2.40 bits per heavy atom. The lowest BCUT2D eigenvalue weighted by molar-refractivity contribution is -0.385. The highest BCUT2D eigenvalue weighted by Crippen LogP contribution is 2.30. The van der Waals surface area contributed by atoms with Gasteiger partial charge in [0.05, 0.1) is 10.5 Å². The maximum atomic E-state index is 12.6. The molecular formula is C16H14BrNO6S. The molecule has 2 aromatic carbocycles. The summed E-state index contributed by atoms with van der Waals surface area (Å²) in [4.78, 5) is 21.7. The Morgan fingerprint density at radius 2 is 1.84 bits per heavy atom. The lowest BCUT2D eigenvalue weighted by Crippen LogP contribution is -2.14. The Kier molecular flexibility index (Phi) is 5.28. The fourth-order valence-electron chi connectivity index (χ4n) is 2.19. The molecule has 9 heteroatoms. The minimum absolute atomic E-state index is 0.0813. The van der Waals surface area contributed by atoms with E-state index in [1.807, 2.05) is 0 Å². The zero-order valence-electron chi connectivity index (χ0n) is 13.6. The molecule has 0 spiro atoms. The fraction of sp³-hybridized carbons (Fsp3) is 0.188. The number of Topliss-reactive ketones (excluding diaryl/α,β-unsaturated/α-hetero) is 1. The van der Waals surface area contributed by atoms with Crippen molar-refractivity contribution in [3.63, 3.8) is 0 Å². The predicted octanol–water partition coefficient (Wildman–Crippen LogP) is 3.94. The van der Waals surface area contributed by atoms with E-state index in [4.69, 9.17) is 4.18 Å². The molecule has 2 aromatic rings. The molecule has 0 saturated carbocycles. The van der Waals surface area contributed by atoms with Crippen molar-refractivity contribution >= 4 is 37.5 Å². The van der Waals surface area contributed by atoms with Crippen LogP contribution in [-0.4, -0.2) is 19.1 Å². The number of halogens is 1. The molecule has 25 heavy (non-hydrogen) atoms. The van der Waals surface area contributed by atoms with Gasteiger partial charge in [-0.3, -0.25) is 14.9 Å². The number of benzene rings is 2. The quantitative estimate of drug-likeness (QED) is 0.309. The first-order chi connectivity index (χ1) is 11.5. The second-order valence-corrected chi connectivity index (χ2v) is 7.81. The normalized spacial score (nSPS) is 11.2. The van der Waals surface area contributed by atoms with Crippen LogP contribution in [-0.2, 0) is 10.1 Å². The maximum Gasteiger partial charge on any atom is 0.339 e. The average molecular weight is 428 g/mol. The Bertz CT molecular complexity index is 984. The van der Waals surface area contributed by atoms with Crippen LogP contribution in [0.2, 0.25) is 0 Å². The number of hydrogen-bond acceptors (Lipinski definition) is 6. The summed E-state index contributed by atoms with van der Waals surface area (Å²) in [6.07, 6.45) is 0. The molecule has 0 heterocycles. The monoisotopic (exact) mass is 427 g/mol. The van der Waals surface area contributed by atoms with Gasteiger partial charge in [-0.25, -0.2) is 0 Å². The Morgan fingerprint density at radius 1 is 1.20 bits per heavy atom. The van der Waals surface area contributed by atoms with E-state index in [1.165, 1.54) is 38.1 Å². The first kappa shape index (κ1) is 19.1. The van der Waals surface area contributed by atoms with Crippen LogP contribution < -0.4 is 4.18 Å². The van der Waals surface area contributed by atoms with E-state index in [-0.39, 0.29) is 27.7 Å². The average Bonchev–Trinajstić information content (AvgIpc) is 2.50. The van der Waals surface area contributed by atoms with Crippen molar-refractivity contribution in [2.45, 2.75) is 25.7 Å². The third-order valence-corrected chi connectivity index (χ3v) is 5.46. The summed E-state index contributed by atoms with van der Waals surface area (Å²) in [5.41, 5.74) is 0.511. The molecule has 0 aliphatic rings. The molecule has 0 N–H and O–H groups in total. The van der Waals surface area contributed by atoms with Crippen molar-refractivity contribution < 1.29 is 22.3 Å². The van der Waals surface area contributed by atoms with Crippen LogP contribution in [0.3, 0.4) is 0 Å². The molecular weight excluding hydrogens is 414 g/mol. The standard InChI is InChI=1S/C16H14BrNO6S/c1-9-6-13(18(20)21)8-16(10(9)2)25(22,23)24-15-5-4-12(17)7-14(15)11(3)19/h4-8H,1-3H3. The van der Waals surface area contributed by atoms with Crippen LogP contribution >= 0.6 is 15.9 Å². The van der Waals surface area contributed by atoms with Gasteiger partial charge in [0.2, 0.25) is 0 Å². The molecule has 0 bridgehead atoms. The van der Waals surface area contributed by atoms with Crippen molar-refractivity contribution in [1.29, 1.82) is 0 Å². The molecule has 0 aliphatic carbocycles. The van der Waals surface area contributed by atoms with Crippen molar-refractivity contribution in [2.24, 2.45) is 0 Å². The van der Waals surface area contributed by atoms with Crippen molar-refractivity contribution in [3.8, 4) is 5.75 Å². The van der Waals surface area contributed by atoms with E-state index in [0.717, 1.165) is 6.07 Å². The second kappa shape index (κ2) is 6.93. The van der Waals surface area contributed by atoms with E-state index >= 15 is 0 Å². The number of non-ortho nitro benzene ring substituents is 1. The Labute approximate surface area is 153 Å². The largest absolute Gasteiger partial charge is 0.378 e. The molecule has 0 aromatic heterocycles. The third kappa shape index (κ3) is 4.05. The third-order valence-electron chi connectivity index (χ3n) is 3.61. The van der Waals surface area contributed by atoms with Gasteiger partial charge in [0.1, 0.15) is 4.90 Å². The number of nitro groups is 1. The van der Waals surface area contributed by atoms with Gasteiger partial charge in [0.15, 0.2) is 11.5 Å². The summed E-state index contributed by atoms with van der Waals surface area (Å²) in [6, 6.07) is 6.55. The van der Waals surface area contributed by atoms with Gasteiger partial charge in [-0.2, -0.15) is 8.42 Å². The molecule has 2 rings (SSSR count). The number of rotatable bonds is 5. The number of ketones is 1. The topological polar surface area (TPSA) is 104 Å². The molecule has 7 nitrogen and oxygen atoms in total. The second-order valence-electron chi connectivity index (χ2n) is 5.38. The van der Waals surface area contributed by atoms with E-state index in [2.05, 4.69) is 15.9 Å². The van der Waals surface area contributed by atoms with Gasteiger partial charge < -0.3 is 4.18 Å². The highest BCUT2D eigenvalue weighted by Gasteiger charge is 2.26. The molecule has 0 amide bonds. The van der Waals surface area contributed by atoms with Crippen molar-refractivity contribution in [2.75, 3.05) is 0 Å². The number of hydrogen-bond donors (Lipinski definition) is 0. The van der Waals surface area contributed by atoms with Crippen LogP contribution in [0.5, 0.6) is 5.75 Å². The van der Waals surface area contributed by atoms with Gasteiger partial charge in [-0.1, -0.05) is 15.9 Å². The summed E-state index contributed by atoms with van der Waals surface area (Å²) >= 11 is 3.20. The Balaban J connectivity index is 2.58. The number of nitrogens with zero attached hydrogens (tertiary/aromatic N) is 1. The lowest BCUT2D eigenvalue weighted by atomic mass is 10.1. The zero-order chi connectivity index (χ0) is 18.9. The van der Waals surface area contributed by atoms with Gasteiger partial charge in [-0.05, 0) is 50.1 Å². The minimum Gasteiger partial charge on any atom is -0.378 e. The fourth-order valence-corrected chi connectivity index (χ4v) is 3.82. The maximum absolute atomic E-state index is 12.6. The van der Waals surface area contributed by atoms with E-state index in [1.54, 1.807) is 6.92 Å². The van der Waals surface area contributed by atoms with Crippen LogP contribution in [0.15, 0.2) is 39.7 Å². The van der Waals surface area contributed by atoms with E-state index < -0.39 is 15.0 Å². The Hall–Kier alpha value is -2.26. The van der Waals surface area contributed by atoms with Gasteiger partial charge in [0, 0.05) is 16.6 Å². The SMILES string of the molecule is CC(=O)c1cc(Br)ccc1OS(=O)(=O)c1cc([N+](=O)[O-])cc(C)c1C.